The van der Waals surface area contributed by atoms with Crippen LogP contribution in [0.15, 0.2) is 18.3 Å². The number of nitrogens with one attached hydrogen (secondary N) is 1. The van der Waals surface area contributed by atoms with Gasteiger partial charge < -0.3 is 11.1 Å². The van der Waals surface area contributed by atoms with Gasteiger partial charge in [0.2, 0.25) is 5.95 Å². The number of halogens is 3. The molecule has 0 radical (unpaired) electrons. The monoisotopic (exact) mass is 391 g/mol. The fourth-order valence-corrected chi connectivity index (χ4v) is 2.97. The Morgan fingerprint density at radius 2 is 2.11 bits per heavy atom. The molecule has 4 aromatic rings. The summed E-state index contributed by atoms with van der Waals surface area (Å²) in [4.78, 5) is 8.52. The van der Waals surface area contributed by atoms with Gasteiger partial charge in [0.05, 0.1) is 17.5 Å². The Labute approximate surface area is 156 Å². The highest BCUT2D eigenvalue weighted by molar-refractivity contribution is 5.89. The number of rotatable bonds is 6. The van der Waals surface area contributed by atoms with Crippen molar-refractivity contribution in [2.75, 3.05) is 24.8 Å². The molecule has 146 valence electrons. The van der Waals surface area contributed by atoms with Crippen LogP contribution in [0.3, 0.4) is 0 Å². The molecule has 1 atom stereocenters. The third-order valence-corrected chi connectivity index (χ3v) is 4.28. The molecule has 0 spiro atoms. The first-order valence-electron chi connectivity index (χ1n) is 8.44. The molecule has 0 bridgehead atoms. The number of nitrogens with two attached hydrogens (primary N) is 1. The lowest BCUT2D eigenvalue weighted by Gasteiger charge is -2.07. The van der Waals surface area contributed by atoms with E-state index in [4.69, 9.17) is 5.73 Å². The Kier molecular flexibility index (Phi) is 4.45. The lowest BCUT2D eigenvalue weighted by atomic mass is 10.1. The van der Waals surface area contributed by atoms with Gasteiger partial charge >= 0.3 is 0 Å². The number of nitrogen functional groups attached to an aromatic ring is 1. The quantitative estimate of drug-likeness (QED) is 0.517. The lowest BCUT2D eigenvalue weighted by Crippen LogP contribution is -2.10. The largest absolute Gasteiger partial charge is 0.371 e. The first kappa shape index (κ1) is 17.9. The van der Waals surface area contributed by atoms with Crippen molar-refractivity contribution >= 4 is 28.4 Å². The molecule has 3 N–H and O–H groups in total. The van der Waals surface area contributed by atoms with E-state index in [0.717, 1.165) is 0 Å². The van der Waals surface area contributed by atoms with Gasteiger partial charge in [0.25, 0.3) is 0 Å². The van der Waals surface area contributed by atoms with E-state index >= 15 is 0 Å². The summed E-state index contributed by atoms with van der Waals surface area (Å²) in [5.41, 5.74) is 7.27. The summed E-state index contributed by atoms with van der Waals surface area (Å²) in [6, 6.07) is 3.22. The third kappa shape index (κ3) is 2.96. The number of pyridine rings is 1. The molecule has 0 saturated heterocycles. The van der Waals surface area contributed by atoms with Crippen LogP contribution in [-0.4, -0.2) is 54.5 Å². The maximum absolute atomic E-state index is 14.7. The third-order valence-electron chi connectivity index (χ3n) is 4.28. The molecule has 0 aliphatic heterocycles. The molecular formula is C16H16F3N9. The van der Waals surface area contributed by atoms with Crippen molar-refractivity contribution in [1.82, 2.24) is 34.6 Å². The second-order valence-electron chi connectivity index (χ2n) is 6.11. The SMILES string of the molecule is CNc1nc(N)nn2cc(F)c(-c3ccc4nnn(CCC(F)CF)c4n3)c12. The van der Waals surface area contributed by atoms with Crippen LogP contribution in [0.4, 0.5) is 24.9 Å². The Morgan fingerprint density at radius 3 is 2.86 bits per heavy atom. The second-order valence-corrected chi connectivity index (χ2v) is 6.11. The average Bonchev–Trinajstić information content (AvgIpc) is 3.24. The van der Waals surface area contributed by atoms with Crippen LogP contribution < -0.4 is 11.1 Å². The van der Waals surface area contributed by atoms with E-state index in [-0.39, 0.29) is 24.5 Å². The number of aromatic nitrogens is 7. The van der Waals surface area contributed by atoms with E-state index in [9.17, 15) is 13.2 Å². The molecule has 0 saturated carbocycles. The minimum absolute atomic E-state index is 0.0160. The normalized spacial score (nSPS) is 12.7. The maximum Gasteiger partial charge on any atom is 0.240 e. The van der Waals surface area contributed by atoms with E-state index in [0.29, 0.717) is 28.2 Å². The number of nitrogens with zero attached hydrogens (tertiary/aromatic N) is 7. The molecule has 9 nitrogen and oxygen atoms in total. The zero-order chi connectivity index (χ0) is 19.8. The summed E-state index contributed by atoms with van der Waals surface area (Å²) in [5.74, 6) is -0.246. The van der Waals surface area contributed by atoms with Crippen LogP contribution in [0.25, 0.3) is 27.9 Å². The molecule has 12 heteroatoms. The van der Waals surface area contributed by atoms with Gasteiger partial charge in [-0.2, -0.15) is 4.98 Å². The standard InChI is InChI=1S/C16H16F3N9/c1-21-14-13-12(9(19)7-28(13)25-16(20)23-14)10-2-3-11-15(22-10)27(26-24-11)5-4-8(18)6-17/h2-3,7-8H,4-6H2,1H3,(H3,20,21,23,25). The molecule has 0 fully saturated rings. The highest BCUT2D eigenvalue weighted by Gasteiger charge is 2.21. The molecular weight excluding hydrogens is 375 g/mol. The fourth-order valence-electron chi connectivity index (χ4n) is 2.97. The van der Waals surface area contributed by atoms with Gasteiger partial charge in [-0.3, -0.25) is 0 Å². The summed E-state index contributed by atoms with van der Waals surface area (Å²) in [5, 5.41) is 14.7. The smallest absolute Gasteiger partial charge is 0.240 e. The molecule has 0 aliphatic rings. The van der Waals surface area contributed by atoms with Crippen molar-refractivity contribution in [3.63, 3.8) is 0 Å². The van der Waals surface area contributed by atoms with Gasteiger partial charge in [-0.15, -0.1) is 10.2 Å². The Hall–Kier alpha value is -3.44. The van der Waals surface area contributed by atoms with Gasteiger partial charge in [-0.05, 0) is 12.1 Å². The summed E-state index contributed by atoms with van der Waals surface area (Å²) < 4.78 is 43.0. The summed E-state index contributed by atoms with van der Waals surface area (Å²) in [6.07, 6.45) is -0.475. The van der Waals surface area contributed by atoms with Crippen LogP contribution in [0, 0.1) is 5.82 Å². The van der Waals surface area contributed by atoms with Crippen LogP contribution in [0.2, 0.25) is 0 Å². The van der Waals surface area contributed by atoms with E-state index < -0.39 is 18.7 Å². The zero-order valence-corrected chi connectivity index (χ0v) is 14.8. The molecule has 4 aromatic heterocycles. The van der Waals surface area contributed by atoms with E-state index in [1.807, 2.05) is 0 Å². The molecule has 0 aliphatic carbocycles. The Morgan fingerprint density at radius 1 is 1.29 bits per heavy atom. The van der Waals surface area contributed by atoms with Crippen molar-refractivity contribution in [2.45, 2.75) is 19.1 Å². The van der Waals surface area contributed by atoms with Crippen LogP contribution in [0.1, 0.15) is 6.42 Å². The molecule has 4 rings (SSSR count). The van der Waals surface area contributed by atoms with Crippen molar-refractivity contribution in [3.8, 4) is 11.3 Å². The Bertz CT molecular complexity index is 1150. The first-order chi connectivity index (χ1) is 13.5. The molecule has 1 unspecified atom stereocenters. The Balaban J connectivity index is 1.84. The van der Waals surface area contributed by atoms with E-state index in [2.05, 4.69) is 30.7 Å². The maximum atomic E-state index is 14.7. The predicted molar refractivity (Wildman–Crippen MR) is 96.7 cm³/mol. The number of alkyl halides is 2. The van der Waals surface area contributed by atoms with Crippen LogP contribution >= 0.6 is 0 Å². The number of hydrogen-bond acceptors (Lipinski definition) is 7. The van der Waals surface area contributed by atoms with Gasteiger partial charge in [0.15, 0.2) is 17.3 Å². The number of fused-ring (bicyclic) bond motifs is 2. The van der Waals surface area contributed by atoms with Crippen molar-refractivity contribution in [3.05, 3.63) is 24.1 Å². The van der Waals surface area contributed by atoms with Gasteiger partial charge in [-0.1, -0.05) is 5.21 Å². The van der Waals surface area contributed by atoms with Crippen LogP contribution in [-0.2, 0) is 6.54 Å². The molecule has 28 heavy (non-hydrogen) atoms. The van der Waals surface area contributed by atoms with Crippen molar-refractivity contribution in [2.24, 2.45) is 0 Å². The average molecular weight is 391 g/mol. The van der Waals surface area contributed by atoms with E-state index in [1.165, 1.54) is 15.4 Å². The summed E-state index contributed by atoms with van der Waals surface area (Å²) >= 11 is 0. The highest BCUT2D eigenvalue weighted by atomic mass is 19.2. The zero-order valence-electron chi connectivity index (χ0n) is 14.8. The number of aryl methyl sites for hydroxylation is 1. The lowest BCUT2D eigenvalue weighted by molar-refractivity contribution is 0.236. The highest BCUT2D eigenvalue weighted by Crippen LogP contribution is 2.32. The molecule has 0 aromatic carbocycles. The van der Waals surface area contributed by atoms with Gasteiger partial charge in [-0.25, -0.2) is 27.4 Å². The molecule has 4 heterocycles. The van der Waals surface area contributed by atoms with Gasteiger partial charge in [0.1, 0.15) is 23.9 Å². The minimum Gasteiger partial charge on any atom is -0.371 e. The first-order valence-corrected chi connectivity index (χ1v) is 8.44. The van der Waals surface area contributed by atoms with Gasteiger partial charge in [0, 0.05) is 20.0 Å². The topological polar surface area (TPSA) is 112 Å². The second kappa shape index (κ2) is 6.94. The summed E-state index contributed by atoms with van der Waals surface area (Å²) in [7, 11) is 1.63. The number of hydrogen-bond donors (Lipinski definition) is 2. The summed E-state index contributed by atoms with van der Waals surface area (Å²) in [6.45, 7) is -0.971. The van der Waals surface area contributed by atoms with Crippen LogP contribution in [0.5, 0.6) is 0 Å². The predicted octanol–water partition coefficient (Wildman–Crippen LogP) is 2.00. The minimum atomic E-state index is -1.59. The van der Waals surface area contributed by atoms with E-state index in [1.54, 1.807) is 19.2 Å². The molecule has 0 amide bonds. The fraction of sp³-hybridized carbons (Fsp3) is 0.312. The van der Waals surface area contributed by atoms with Crippen molar-refractivity contribution < 1.29 is 13.2 Å². The number of anilines is 2. The van der Waals surface area contributed by atoms with Crippen molar-refractivity contribution in [1.29, 1.82) is 0 Å².